The molecule has 0 radical (unpaired) electrons. The molecule has 0 unspecified atom stereocenters. The lowest BCUT2D eigenvalue weighted by Crippen LogP contribution is -2.32. The van der Waals surface area contributed by atoms with Crippen molar-refractivity contribution in [1.82, 2.24) is 19.7 Å². The van der Waals surface area contributed by atoms with Crippen LogP contribution < -0.4 is 0 Å². The number of nitrogens with zero attached hydrogens (tertiary/aromatic N) is 4. The standard InChI is InChI=1S/C13H22N4O2/c1-10(2)5-17-12(14-9-15-17)7-16(8-13(18)19)6-11-3-4-11/h9-11H,3-8H2,1-2H3,(H,18,19). The predicted octanol–water partition coefficient (Wildman–Crippen LogP) is 1.23. The van der Waals surface area contributed by atoms with Crippen LogP contribution in [0.3, 0.4) is 0 Å². The monoisotopic (exact) mass is 266 g/mol. The van der Waals surface area contributed by atoms with E-state index in [0.717, 1.165) is 18.9 Å². The molecule has 1 heterocycles. The summed E-state index contributed by atoms with van der Waals surface area (Å²) < 4.78 is 1.88. The van der Waals surface area contributed by atoms with Gasteiger partial charge in [-0.3, -0.25) is 9.69 Å². The summed E-state index contributed by atoms with van der Waals surface area (Å²) >= 11 is 0. The number of carboxylic acid groups (broad SMARTS) is 1. The van der Waals surface area contributed by atoms with Crippen LogP contribution in [0.15, 0.2) is 6.33 Å². The lowest BCUT2D eigenvalue weighted by molar-refractivity contribution is -0.138. The normalized spacial score (nSPS) is 15.4. The fourth-order valence-corrected chi connectivity index (χ4v) is 2.15. The van der Waals surface area contributed by atoms with Gasteiger partial charge in [-0.1, -0.05) is 13.8 Å². The molecule has 1 N–H and O–H groups in total. The second kappa shape index (κ2) is 6.14. The molecule has 106 valence electrons. The third-order valence-electron chi connectivity index (χ3n) is 3.17. The Morgan fingerprint density at radius 1 is 1.58 bits per heavy atom. The van der Waals surface area contributed by atoms with Crippen molar-refractivity contribution in [2.75, 3.05) is 13.1 Å². The summed E-state index contributed by atoms with van der Waals surface area (Å²) in [7, 11) is 0. The molecule has 0 spiro atoms. The molecular formula is C13H22N4O2. The van der Waals surface area contributed by atoms with Crippen molar-refractivity contribution in [3.8, 4) is 0 Å². The summed E-state index contributed by atoms with van der Waals surface area (Å²) in [5.74, 6) is 1.24. The highest BCUT2D eigenvalue weighted by Gasteiger charge is 2.26. The number of hydrogen-bond acceptors (Lipinski definition) is 4. The SMILES string of the molecule is CC(C)Cn1ncnc1CN(CC(=O)O)CC1CC1. The van der Waals surface area contributed by atoms with Gasteiger partial charge in [-0.05, 0) is 24.7 Å². The van der Waals surface area contributed by atoms with Gasteiger partial charge in [0.1, 0.15) is 12.2 Å². The molecule has 1 aromatic rings. The van der Waals surface area contributed by atoms with E-state index in [1.807, 2.05) is 9.58 Å². The van der Waals surface area contributed by atoms with Crippen LogP contribution in [0.5, 0.6) is 0 Å². The molecule has 6 heteroatoms. The highest BCUT2D eigenvalue weighted by Crippen LogP contribution is 2.30. The lowest BCUT2D eigenvalue weighted by Gasteiger charge is -2.20. The second-order valence-electron chi connectivity index (χ2n) is 5.76. The minimum absolute atomic E-state index is 0.0744. The molecular weight excluding hydrogens is 244 g/mol. The maximum Gasteiger partial charge on any atom is 0.317 e. The van der Waals surface area contributed by atoms with Crippen LogP contribution in [0, 0.1) is 11.8 Å². The largest absolute Gasteiger partial charge is 0.480 e. The van der Waals surface area contributed by atoms with Gasteiger partial charge in [0, 0.05) is 13.1 Å². The summed E-state index contributed by atoms with van der Waals surface area (Å²) in [6, 6.07) is 0. The van der Waals surface area contributed by atoms with E-state index in [-0.39, 0.29) is 6.54 Å². The van der Waals surface area contributed by atoms with Crippen molar-refractivity contribution >= 4 is 5.97 Å². The zero-order valence-corrected chi connectivity index (χ0v) is 11.6. The van der Waals surface area contributed by atoms with E-state index in [1.165, 1.54) is 12.8 Å². The fraction of sp³-hybridized carbons (Fsp3) is 0.769. The molecule has 0 bridgehead atoms. The number of carboxylic acids is 1. The first-order valence-corrected chi connectivity index (χ1v) is 6.85. The van der Waals surface area contributed by atoms with Crippen LogP contribution >= 0.6 is 0 Å². The van der Waals surface area contributed by atoms with Crippen molar-refractivity contribution in [3.05, 3.63) is 12.2 Å². The van der Waals surface area contributed by atoms with Gasteiger partial charge in [0.2, 0.25) is 0 Å². The Balaban J connectivity index is 1.98. The quantitative estimate of drug-likeness (QED) is 0.766. The third-order valence-corrected chi connectivity index (χ3v) is 3.17. The fourth-order valence-electron chi connectivity index (χ4n) is 2.15. The van der Waals surface area contributed by atoms with Gasteiger partial charge in [-0.15, -0.1) is 0 Å². The molecule has 1 aliphatic rings. The van der Waals surface area contributed by atoms with E-state index in [4.69, 9.17) is 5.11 Å². The Hall–Kier alpha value is -1.43. The number of aliphatic carboxylic acids is 1. The first kappa shape index (κ1) is 14.0. The summed E-state index contributed by atoms with van der Waals surface area (Å²) in [6.07, 6.45) is 3.98. The van der Waals surface area contributed by atoms with Crippen LogP contribution in [-0.4, -0.2) is 43.8 Å². The van der Waals surface area contributed by atoms with Crippen molar-refractivity contribution in [2.24, 2.45) is 11.8 Å². The average Bonchev–Trinajstić information content (AvgIpc) is 3.00. The maximum atomic E-state index is 10.9. The van der Waals surface area contributed by atoms with E-state index >= 15 is 0 Å². The van der Waals surface area contributed by atoms with E-state index in [0.29, 0.717) is 18.4 Å². The number of carbonyl (C=O) groups is 1. The van der Waals surface area contributed by atoms with Crippen LogP contribution in [0.1, 0.15) is 32.5 Å². The van der Waals surface area contributed by atoms with Gasteiger partial charge < -0.3 is 5.11 Å². The minimum Gasteiger partial charge on any atom is -0.480 e. The highest BCUT2D eigenvalue weighted by molar-refractivity contribution is 5.69. The topological polar surface area (TPSA) is 71.2 Å². The molecule has 0 atom stereocenters. The minimum atomic E-state index is -0.782. The highest BCUT2D eigenvalue weighted by atomic mass is 16.4. The Morgan fingerprint density at radius 3 is 2.89 bits per heavy atom. The average molecular weight is 266 g/mol. The molecule has 1 aliphatic carbocycles. The number of rotatable bonds is 8. The smallest absolute Gasteiger partial charge is 0.317 e. The molecule has 6 nitrogen and oxygen atoms in total. The summed E-state index contributed by atoms with van der Waals surface area (Å²) in [4.78, 5) is 17.1. The number of aromatic nitrogens is 3. The van der Waals surface area contributed by atoms with Crippen molar-refractivity contribution in [1.29, 1.82) is 0 Å². The summed E-state index contributed by atoms with van der Waals surface area (Å²) in [5.41, 5.74) is 0. The van der Waals surface area contributed by atoms with Crippen LogP contribution in [-0.2, 0) is 17.9 Å². The van der Waals surface area contributed by atoms with Gasteiger partial charge in [0.15, 0.2) is 0 Å². The Kier molecular flexibility index (Phi) is 4.52. The lowest BCUT2D eigenvalue weighted by atomic mass is 10.2. The number of hydrogen-bond donors (Lipinski definition) is 1. The Labute approximate surface area is 113 Å². The first-order chi connectivity index (χ1) is 9.04. The molecule has 19 heavy (non-hydrogen) atoms. The van der Waals surface area contributed by atoms with Gasteiger partial charge >= 0.3 is 5.97 Å². The molecule has 2 rings (SSSR count). The predicted molar refractivity (Wildman–Crippen MR) is 70.5 cm³/mol. The maximum absolute atomic E-state index is 10.9. The van der Waals surface area contributed by atoms with E-state index in [1.54, 1.807) is 6.33 Å². The Bertz CT molecular complexity index is 426. The van der Waals surface area contributed by atoms with Crippen LogP contribution in [0.25, 0.3) is 0 Å². The zero-order valence-electron chi connectivity index (χ0n) is 11.6. The van der Waals surface area contributed by atoms with Gasteiger partial charge in [-0.2, -0.15) is 5.10 Å². The molecule has 0 aliphatic heterocycles. The van der Waals surface area contributed by atoms with Crippen molar-refractivity contribution in [2.45, 2.75) is 39.8 Å². The van der Waals surface area contributed by atoms with E-state index in [2.05, 4.69) is 23.9 Å². The third kappa shape index (κ3) is 4.63. The molecule has 1 aromatic heterocycles. The zero-order chi connectivity index (χ0) is 13.8. The Morgan fingerprint density at radius 2 is 2.32 bits per heavy atom. The van der Waals surface area contributed by atoms with Crippen LogP contribution in [0.2, 0.25) is 0 Å². The van der Waals surface area contributed by atoms with E-state index in [9.17, 15) is 4.79 Å². The van der Waals surface area contributed by atoms with Crippen molar-refractivity contribution in [3.63, 3.8) is 0 Å². The molecule has 0 aromatic carbocycles. The van der Waals surface area contributed by atoms with Crippen molar-refractivity contribution < 1.29 is 9.90 Å². The first-order valence-electron chi connectivity index (χ1n) is 6.85. The van der Waals surface area contributed by atoms with Crippen LogP contribution in [0.4, 0.5) is 0 Å². The summed E-state index contributed by atoms with van der Waals surface area (Å²) in [5, 5.41) is 13.2. The molecule has 0 saturated heterocycles. The van der Waals surface area contributed by atoms with Gasteiger partial charge in [0.25, 0.3) is 0 Å². The van der Waals surface area contributed by atoms with E-state index < -0.39 is 5.97 Å². The second-order valence-corrected chi connectivity index (χ2v) is 5.76. The van der Waals surface area contributed by atoms with Gasteiger partial charge in [-0.25, -0.2) is 9.67 Å². The molecule has 1 fully saturated rings. The summed E-state index contributed by atoms with van der Waals surface area (Å²) in [6.45, 7) is 6.57. The van der Waals surface area contributed by atoms with Gasteiger partial charge in [0.05, 0.1) is 13.1 Å². The molecule has 0 amide bonds. The molecule has 1 saturated carbocycles.